The van der Waals surface area contributed by atoms with E-state index in [9.17, 15) is 9.59 Å². The molecule has 0 heterocycles. The predicted octanol–water partition coefficient (Wildman–Crippen LogP) is 1.68. The van der Waals surface area contributed by atoms with E-state index in [0.29, 0.717) is 18.7 Å². The van der Waals surface area contributed by atoms with Gasteiger partial charge in [0, 0.05) is 6.54 Å². The van der Waals surface area contributed by atoms with Gasteiger partial charge < -0.3 is 15.2 Å². The van der Waals surface area contributed by atoms with Gasteiger partial charge in [0.25, 0.3) is 5.91 Å². The Bertz CT molecular complexity index is 428. The van der Waals surface area contributed by atoms with Crippen LogP contribution in [-0.4, -0.2) is 30.1 Å². The molecule has 0 saturated carbocycles. The van der Waals surface area contributed by atoms with Crippen LogP contribution in [0.2, 0.25) is 0 Å². The number of aliphatic carboxylic acids is 1. The normalized spacial score (nSPS) is 10.8. The Morgan fingerprint density at radius 3 is 2.47 bits per heavy atom. The lowest BCUT2D eigenvalue weighted by Gasteiger charge is -2.18. The van der Waals surface area contributed by atoms with Crippen molar-refractivity contribution in [2.75, 3.05) is 13.2 Å². The van der Waals surface area contributed by atoms with E-state index < -0.39 is 11.4 Å². The molecule has 0 fully saturated rings. The highest BCUT2D eigenvalue weighted by atomic mass is 16.5. The molecule has 0 unspecified atom stereocenters. The fraction of sp³-hybridized carbons (Fsp3) is 0.429. The largest absolute Gasteiger partial charge is 0.484 e. The minimum Gasteiger partial charge on any atom is -0.484 e. The second kappa shape index (κ2) is 6.78. The summed E-state index contributed by atoms with van der Waals surface area (Å²) in [5.74, 6) is -0.504. The van der Waals surface area contributed by atoms with E-state index >= 15 is 0 Å². The van der Waals surface area contributed by atoms with E-state index in [1.165, 1.54) is 0 Å². The highest BCUT2D eigenvalue weighted by Crippen LogP contribution is 2.19. The Balaban J connectivity index is 2.24. The Hall–Kier alpha value is -2.04. The number of carboxylic acid groups (broad SMARTS) is 1. The van der Waals surface area contributed by atoms with Gasteiger partial charge in [0.2, 0.25) is 0 Å². The molecule has 0 bridgehead atoms. The van der Waals surface area contributed by atoms with Crippen LogP contribution in [0.3, 0.4) is 0 Å². The fourth-order valence-electron chi connectivity index (χ4n) is 1.34. The number of hydrogen-bond donors (Lipinski definition) is 2. The van der Waals surface area contributed by atoms with Gasteiger partial charge in [-0.3, -0.25) is 9.59 Å². The summed E-state index contributed by atoms with van der Waals surface area (Å²) >= 11 is 0. The van der Waals surface area contributed by atoms with E-state index in [4.69, 9.17) is 9.84 Å². The van der Waals surface area contributed by atoms with Crippen molar-refractivity contribution in [1.82, 2.24) is 5.32 Å². The van der Waals surface area contributed by atoms with E-state index in [1.807, 2.05) is 18.2 Å². The molecule has 1 aromatic rings. The highest BCUT2D eigenvalue weighted by molar-refractivity contribution is 5.77. The maximum Gasteiger partial charge on any atom is 0.309 e. The Morgan fingerprint density at radius 1 is 1.26 bits per heavy atom. The Kier molecular flexibility index (Phi) is 5.36. The molecule has 5 nitrogen and oxygen atoms in total. The summed E-state index contributed by atoms with van der Waals surface area (Å²) in [6, 6.07) is 9.04. The number of benzene rings is 1. The van der Waals surface area contributed by atoms with Crippen LogP contribution in [0.25, 0.3) is 0 Å². The summed E-state index contributed by atoms with van der Waals surface area (Å²) in [6.45, 7) is 3.50. The Labute approximate surface area is 112 Å². The Morgan fingerprint density at radius 2 is 1.89 bits per heavy atom. The quantitative estimate of drug-likeness (QED) is 0.786. The van der Waals surface area contributed by atoms with E-state index in [-0.39, 0.29) is 12.5 Å². The summed E-state index contributed by atoms with van der Waals surface area (Å²) in [6.07, 6.45) is 0.374. The van der Waals surface area contributed by atoms with Crippen LogP contribution in [0, 0.1) is 5.41 Å². The van der Waals surface area contributed by atoms with Gasteiger partial charge in [-0.15, -0.1) is 0 Å². The van der Waals surface area contributed by atoms with Crippen molar-refractivity contribution < 1.29 is 19.4 Å². The van der Waals surface area contributed by atoms with Gasteiger partial charge in [0.05, 0.1) is 5.41 Å². The standard InChI is InChI=1S/C14H19NO4/c1-14(2,13(17)18)8-9-15-12(16)10-19-11-6-4-3-5-7-11/h3-7H,8-10H2,1-2H3,(H,15,16)(H,17,18). The van der Waals surface area contributed by atoms with Crippen LogP contribution >= 0.6 is 0 Å². The van der Waals surface area contributed by atoms with E-state index in [0.717, 1.165) is 0 Å². The third-order valence-electron chi connectivity index (χ3n) is 2.76. The molecule has 5 heteroatoms. The molecule has 0 saturated heterocycles. The van der Waals surface area contributed by atoms with Crippen molar-refractivity contribution in [2.24, 2.45) is 5.41 Å². The van der Waals surface area contributed by atoms with Crippen LogP contribution in [0.15, 0.2) is 30.3 Å². The fourth-order valence-corrected chi connectivity index (χ4v) is 1.34. The first kappa shape index (κ1) is 15.0. The van der Waals surface area contributed by atoms with Crippen LogP contribution in [0.5, 0.6) is 5.75 Å². The van der Waals surface area contributed by atoms with E-state index in [2.05, 4.69) is 5.32 Å². The van der Waals surface area contributed by atoms with Gasteiger partial charge in [-0.2, -0.15) is 0 Å². The lowest BCUT2D eigenvalue weighted by Crippen LogP contribution is -2.34. The van der Waals surface area contributed by atoms with Gasteiger partial charge in [0.1, 0.15) is 5.75 Å². The first-order valence-corrected chi connectivity index (χ1v) is 6.10. The maximum atomic E-state index is 11.5. The van der Waals surface area contributed by atoms with Crippen LogP contribution in [0.4, 0.5) is 0 Å². The van der Waals surface area contributed by atoms with Crippen molar-refractivity contribution in [3.05, 3.63) is 30.3 Å². The summed E-state index contributed by atoms with van der Waals surface area (Å²) in [5.41, 5.74) is -0.840. The van der Waals surface area contributed by atoms with Crippen LogP contribution in [0.1, 0.15) is 20.3 Å². The van der Waals surface area contributed by atoms with Crippen LogP contribution in [-0.2, 0) is 9.59 Å². The predicted molar refractivity (Wildman–Crippen MR) is 71.0 cm³/mol. The minimum absolute atomic E-state index is 0.0719. The second-order valence-corrected chi connectivity index (χ2v) is 4.89. The summed E-state index contributed by atoms with van der Waals surface area (Å²) in [5, 5.41) is 11.6. The zero-order valence-corrected chi connectivity index (χ0v) is 11.2. The lowest BCUT2D eigenvalue weighted by atomic mass is 9.90. The zero-order chi connectivity index (χ0) is 14.3. The summed E-state index contributed by atoms with van der Waals surface area (Å²) in [4.78, 5) is 22.4. The molecular formula is C14H19NO4. The van der Waals surface area contributed by atoms with Crippen molar-refractivity contribution in [1.29, 1.82) is 0 Å². The second-order valence-electron chi connectivity index (χ2n) is 4.89. The van der Waals surface area contributed by atoms with E-state index in [1.54, 1.807) is 26.0 Å². The molecule has 0 aliphatic carbocycles. The average Bonchev–Trinajstić information content (AvgIpc) is 2.37. The number of ether oxygens (including phenoxy) is 1. The number of nitrogens with one attached hydrogen (secondary N) is 1. The smallest absolute Gasteiger partial charge is 0.309 e. The van der Waals surface area contributed by atoms with Gasteiger partial charge in [-0.1, -0.05) is 18.2 Å². The topological polar surface area (TPSA) is 75.6 Å². The molecule has 0 atom stereocenters. The first-order chi connectivity index (χ1) is 8.92. The van der Waals surface area contributed by atoms with Gasteiger partial charge in [-0.05, 0) is 32.4 Å². The molecule has 1 amide bonds. The number of rotatable bonds is 7. The van der Waals surface area contributed by atoms with Crippen molar-refractivity contribution >= 4 is 11.9 Å². The van der Waals surface area contributed by atoms with Gasteiger partial charge in [-0.25, -0.2) is 0 Å². The molecule has 104 valence electrons. The molecule has 0 aliphatic rings. The molecule has 0 aromatic heterocycles. The zero-order valence-electron chi connectivity index (χ0n) is 11.2. The van der Waals surface area contributed by atoms with Gasteiger partial charge in [0.15, 0.2) is 6.61 Å². The molecule has 19 heavy (non-hydrogen) atoms. The molecule has 1 rings (SSSR count). The summed E-state index contributed by atoms with van der Waals surface area (Å²) < 4.78 is 5.27. The summed E-state index contributed by atoms with van der Waals surface area (Å²) in [7, 11) is 0. The number of amides is 1. The number of carbonyl (C=O) groups excluding carboxylic acids is 1. The monoisotopic (exact) mass is 265 g/mol. The molecule has 2 N–H and O–H groups in total. The van der Waals surface area contributed by atoms with Crippen molar-refractivity contribution in [3.63, 3.8) is 0 Å². The molecule has 0 radical (unpaired) electrons. The number of para-hydroxylation sites is 1. The SMILES string of the molecule is CC(C)(CCNC(=O)COc1ccccc1)C(=O)O. The third kappa shape index (κ3) is 5.42. The highest BCUT2D eigenvalue weighted by Gasteiger charge is 2.26. The average molecular weight is 265 g/mol. The number of carbonyl (C=O) groups is 2. The number of hydrogen-bond acceptors (Lipinski definition) is 3. The van der Waals surface area contributed by atoms with Gasteiger partial charge >= 0.3 is 5.97 Å². The van der Waals surface area contributed by atoms with Crippen molar-refractivity contribution in [2.45, 2.75) is 20.3 Å². The first-order valence-electron chi connectivity index (χ1n) is 6.10. The lowest BCUT2D eigenvalue weighted by molar-refractivity contribution is -0.147. The minimum atomic E-state index is -0.873. The molecule has 1 aromatic carbocycles. The molecular weight excluding hydrogens is 246 g/mol. The maximum absolute atomic E-state index is 11.5. The molecule has 0 aliphatic heterocycles. The van der Waals surface area contributed by atoms with Crippen molar-refractivity contribution in [3.8, 4) is 5.75 Å². The third-order valence-corrected chi connectivity index (χ3v) is 2.76. The van der Waals surface area contributed by atoms with Crippen LogP contribution < -0.4 is 10.1 Å². The molecule has 0 spiro atoms. The number of carboxylic acids is 1.